The maximum Gasteiger partial charge on any atom is 0.405 e. The van der Waals surface area contributed by atoms with Gasteiger partial charge in [-0.3, -0.25) is 9.59 Å². The average molecular weight is 735 g/mol. The molecule has 0 unspecified atom stereocenters. The Bertz CT molecular complexity index is 1920. The minimum absolute atomic E-state index is 0.00474. The number of carbonyl (C=O) groups is 3. The monoisotopic (exact) mass is 734 g/mol. The van der Waals surface area contributed by atoms with Crippen LogP contribution >= 0.6 is 0 Å². The van der Waals surface area contributed by atoms with Crippen molar-refractivity contribution in [3.63, 3.8) is 0 Å². The molecule has 3 amide bonds. The van der Waals surface area contributed by atoms with Gasteiger partial charge in [0.05, 0.1) is 35.9 Å². The van der Waals surface area contributed by atoms with Crippen molar-refractivity contribution in [3.05, 3.63) is 72.6 Å². The Morgan fingerprint density at radius 2 is 1.20 bits per heavy atom. The fourth-order valence-corrected chi connectivity index (χ4v) is 8.90. The molecule has 286 valence electrons. The van der Waals surface area contributed by atoms with Gasteiger partial charge in [0.15, 0.2) is 5.60 Å². The molecule has 4 N–H and O–H groups in total. The Morgan fingerprint density at radius 1 is 0.741 bits per heavy atom. The lowest BCUT2D eigenvalue weighted by Crippen LogP contribution is -2.48. The number of aromatic nitrogens is 4. The minimum atomic E-state index is -1.36. The number of ether oxygens (including phenoxy) is 1. The van der Waals surface area contributed by atoms with Gasteiger partial charge in [0, 0.05) is 25.0 Å². The molecule has 3 aliphatic rings. The molecule has 2 aliphatic heterocycles. The predicted molar refractivity (Wildman–Crippen MR) is 208 cm³/mol. The first-order chi connectivity index (χ1) is 26.1. The van der Waals surface area contributed by atoms with Crippen molar-refractivity contribution < 1.29 is 19.1 Å². The van der Waals surface area contributed by atoms with E-state index in [9.17, 15) is 14.4 Å². The van der Waals surface area contributed by atoms with E-state index in [1.54, 1.807) is 24.9 Å². The quantitative estimate of drug-likeness (QED) is 0.147. The normalized spacial score (nSPS) is 21.9. The zero-order chi connectivity index (χ0) is 38.0. The molecular weight excluding hydrogens is 681 g/mol. The van der Waals surface area contributed by atoms with Crippen molar-refractivity contribution in [2.45, 2.75) is 103 Å². The fraction of sp³-hybridized carbons (Fsp3) is 0.500. The molecule has 54 heavy (non-hydrogen) atoms. The molecule has 4 aromatic rings. The SMILES string of the molecule is CCN(CC)C1CCC(C(=O)N2CCC[C@H]2c2ncc(-c3ccc(-c4ccc(-c5cnc([C@@H]6CCCN6C(=O)C(C)(C)OC(N)=O)[nH]5)cc4)cc3)[nH]2)CC1. The van der Waals surface area contributed by atoms with E-state index in [0.717, 1.165) is 110 Å². The molecule has 4 heterocycles. The van der Waals surface area contributed by atoms with E-state index in [0.29, 0.717) is 24.3 Å². The van der Waals surface area contributed by atoms with Crippen LogP contribution in [0.25, 0.3) is 33.6 Å². The van der Waals surface area contributed by atoms with Crippen molar-refractivity contribution in [3.8, 4) is 33.6 Å². The Hall–Kier alpha value is -4.97. The molecule has 2 saturated heterocycles. The third-order valence-electron chi connectivity index (χ3n) is 11.8. The highest BCUT2D eigenvalue weighted by Crippen LogP contribution is 2.37. The summed E-state index contributed by atoms with van der Waals surface area (Å²) in [5.74, 6) is 1.71. The molecule has 12 heteroatoms. The van der Waals surface area contributed by atoms with Crippen LogP contribution < -0.4 is 5.73 Å². The second-order valence-electron chi connectivity index (χ2n) is 15.5. The van der Waals surface area contributed by atoms with Gasteiger partial charge in [0.1, 0.15) is 11.6 Å². The van der Waals surface area contributed by atoms with Gasteiger partial charge in [-0.2, -0.15) is 0 Å². The van der Waals surface area contributed by atoms with Crippen LogP contribution in [0.1, 0.15) is 103 Å². The number of benzene rings is 2. The number of amides is 3. The van der Waals surface area contributed by atoms with Gasteiger partial charge in [0.2, 0.25) is 5.91 Å². The Kier molecular flexibility index (Phi) is 10.9. The Balaban J connectivity index is 0.973. The molecule has 12 nitrogen and oxygen atoms in total. The first-order valence-electron chi connectivity index (χ1n) is 19.7. The van der Waals surface area contributed by atoms with Gasteiger partial charge in [-0.15, -0.1) is 0 Å². The number of nitrogens with two attached hydrogens (primary N) is 1. The smallest absolute Gasteiger partial charge is 0.405 e. The molecule has 0 spiro atoms. The lowest BCUT2D eigenvalue weighted by atomic mass is 9.84. The van der Waals surface area contributed by atoms with Gasteiger partial charge in [0.25, 0.3) is 5.91 Å². The van der Waals surface area contributed by atoms with Crippen LogP contribution in [0.3, 0.4) is 0 Å². The molecule has 7 rings (SSSR count). The van der Waals surface area contributed by atoms with Gasteiger partial charge in [-0.25, -0.2) is 14.8 Å². The maximum atomic E-state index is 13.7. The molecular formula is C42H54N8O4. The number of rotatable bonds is 11. The molecule has 0 bridgehead atoms. The van der Waals surface area contributed by atoms with Crippen molar-refractivity contribution in [2.75, 3.05) is 26.2 Å². The number of imidazole rings is 2. The van der Waals surface area contributed by atoms with Crippen LogP contribution in [-0.4, -0.2) is 90.4 Å². The van der Waals surface area contributed by atoms with Crippen LogP contribution in [0.5, 0.6) is 0 Å². The number of H-pyrrole nitrogens is 2. The molecule has 3 fully saturated rings. The van der Waals surface area contributed by atoms with Crippen molar-refractivity contribution in [1.29, 1.82) is 0 Å². The summed E-state index contributed by atoms with van der Waals surface area (Å²) in [5.41, 5.74) is 9.88. The third-order valence-corrected chi connectivity index (χ3v) is 11.8. The maximum absolute atomic E-state index is 13.7. The van der Waals surface area contributed by atoms with E-state index in [1.807, 2.05) is 6.20 Å². The highest BCUT2D eigenvalue weighted by Gasteiger charge is 2.42. The summed E-state index contributed by atoms with van der Waals surface area (Å²) in [6.07, 6.45) is 10.4. The topological polar surface area (TPSA) is 154 Å². The summed E-state index contributed by atoms with van der Waals surface area (Å²) in [5, 5.41) is 0. The standard InChI is InChI=1S/C42H54N8O4/c1-5-48(6-2)32-21-19-31(20-22-32)39(51)49-23-7-9-35(49)37-44-25-33(46-37)29-15-11-27(12-16-29)28-13-17-30(18-14-28)34-26-45-38(47-34)36-10-8-24-50(36)40(52)42(3,4)54-41(43)53/h11-18,25-26,31-32,35-36H,5-10,19-24H2,1-4H3,(H2,43,53)(H,44,46)(H,45,47)/t31?,32?,35-,36-/m0/s1. The van der Waals surface area contributed by atoms with Crippen molar-refractivity contribution >= 4 is 17.9 Å². The molecule has 0 radical (unpaired) electrons. The number of nitrogens with one attached hydrogen (secondary N) is 2. The predicted octanol–water partition coefficient (Wildman–Crippen LogP) is 7.24. The summed E-state index contributed by atoms with van der Waals surface area (Å²) >= 11 is 0. The number of likely N-dealkylation sites (tertiary alicyclic amines) is 2. The van der Waals surface area contributed by atoms with Crippen molar-refractivity contribution in [2.24, 2.45) is 11.7 Å². The number of aromatic amines is 2. The summed E-state index contributed by atoms with van der Waals surface area (Å²) in [6, 6.07) is 17.1. The molecule has 2 atom stereocenters. The van der Waals surface area contributed by atoms with Gasteiger partial charge in [-0.1, -0.05) is 62.4 Å². The van der Waals surface area contributed by atoms with E-state index < -0.39 is 11.7 Å². The summed E-state index contributed by atoms with van der Waals surface area (Å²) in [4.78, 5) is 61.1. The third kappa shape index (κ3) is 7.66. The van der Waals surface area contributed by atoms with Crippen LogP contribution in [0, 0.1) is 5.92 Å². The number of hydrogen-bond acceptors (Lipinski definition) is 7. The summed E-state index contributed by atoms with van der Waals surface area (Å²) in [6.45, 7) is 11.1. The summed E-state index contributed by atoms with van der Waals surface area (Å²) in [7, 11) is 0. The minimum Gasteiger partial charge on any atom is -0.434 e. The largest absolute Gasteiger partial charge is 0.434 e. The fourth-order valence-electron chi connectivity index (χ4n) is 8.90. The van der Waals surface area contributed by atoms with Crippen LogP contribution in [0.15, 0.2) is 60.9 Å². The zero-order valence-electron chi connectivity index (χ0n) is 32.0. The molecule has 2 aromatic heterocycles. The second-order valence-corrected chi connectivity index (χ2v) is 15.5. The lowest BCUT2D eigenvalue weighted by molar-refractivity contribution is -0.149. The number of hydrogen-bond donors (Lipinski definition) is 3. The Morgan fingerprint density at radius 3 is 1.69 bits per heavy atom. The van der Waals surface area contributed by atoms with Gasteiger partial charge < -0.3 is 35.1 Å². The summed E-state index contributed by atoms with van der Waals surface area (Å²) < 4.78 is 5.11. The van der Waals surface area contributed by atoms with Crippen LogP contribution in [-0.2, 0) is 14.3 Å². The zero-order valence-corrected chi connectivity index (χ0v) is 32.0. The second kappa shape index (κ2) is 15.8. The lowest BCUT2D eigenvalue weighted by Gasteiger charge is -2.37. The van der Waals surface area contributed by atoms with Gasteiger partial charge >= 0.3 is 6.09 Å². The highest BCUT2D eigenvalue weighted by molar-refractivity contribution is 5.87. The number of carbonyl (C=O) groups excluding carboxylic acids is 3. The van der Waals surface area contributed by atoms with E-state index >= 15 is 0 Å². The van der Waals surface area contributed by atoms with Crippen LogP contribution in [0.4, 0.5) is 4.79 Å². The van der Waals surface area contributed by atoms with E-state index in [2.05, 4.69) is 87.1 Å². The first kappa shape index (κ1) is 37.3. The number of nitrogens with zero attached hydrogens (tertiary/aromatic N) is 5. The van der Waals surface area contributed by atoms with Crippen molar-refractivity contribution in [1.82, 2.24) is 34.6 Å². The number of primary amides is 1. The molecule has 2 aromatic carbocycles. The molecule has 1 saturated carbocycles. The van der Waals surface area contributed by atoms with E-state index in [4.69, 9.17) is 15.5 Å². The van der Waals surface area contributed by atoms with Crippen LogP contribution in [0.2, 0.25) is 0 Å². The molecule has 1 aliphatic carbocycles. The Labute approximate surface area is 317 Å². The van der Waals surface area contributed by atoms with Gasteiger partial charge in [-0.05, 0) is 101 Å². The van der Waals surface area contributed by atoms with E-state index in [-0.39, 0.29) is 23.9 Å². The van der Waals surface area contributed by atoms with E-state index in [1.165, 1.54) is 0 Å². The highest BCUT2D eigenvalue weighted by atomic mass is 16.6. The first-order valence-corrected chi connectivity index (χ1v) is 19.7. The average Bonchev–Trinajstić information content (AvgIpc) is 4.02.